The van der Waals surface area contributed by atoms with E-state index in [1.54, 1.807) is 23.7 Å². The molecule has 2 aromatic rings. The van der Waals surface area contributed by atoms with E-state index in [4.69, 9.17) is 0 Å². The molecule has 0 aliphatic carbocycles. The number of hydrogen-bond donors (Lipinski definition) is 0. The molecule has 14 heavy (non-hydrogen) atoms. The summed E-state index contributed by atoms with van der Waals surface area (Å²) < 4.78 is 0. The Bertz CT molecular complexity index is 474. The Balaban J connectivity index is 2.37. The average molecular weight is 199 g/mol. The summed E-state index contributed by atoms with van der Waals surface area (Å²) in [4.78, 5) is 6.34. The Kier molecular flexibility index (Phi) is 2.62. The number of pyridine rings is 1. The second-order valence-electron chi connectivity index (χ2n) is 2.77. The zero-order valence-corrected chi connectivity index (χ0v) is 8.64. The first-order chi connectivity index (χ1) is 6.90. The lowest BCUT2D eigenvalue weighted by Crippen LogP contribution is -1.71. The van der Waals surface area contributed by atoms with Crippen LogP contribution < -0.4 is 0 Å². The summed E-state index contributed by atoms with van der Waals surface area (Å²) in [5.74, 6) is 5.95. The molecule has 0 fully saturated rings. The fourth-order valence-electron chi connectivity index (χ4n) is 1.20. The van der Waals surface area contributed by atoms with Crippen molar-refractivity contribution < 1.29 is 0 Å². The van der Waals surface area contributed by atoms with E-state index in [1.165, 1.54) is 10.4 Å². The second kappa shape index (κ2) is 4.08. The monoisotopic (exact) mass is 199 g/mol. The topological polar surface area (TPSA) is 12.9 Å². The van der Waals surface area contributed by atoms with Crippen molar-refractivity contribution in [2.75, 3.05) is 0 Å². The van der Waals surface area contributed by atoms with E-state index in [1.807, 2.05) is 19.1 Å². The lowest BCUT2D eigenvalue weighted by Gasteiger charge is -1.93. The van der Waals surface area contributed by atoms with Crippen LogP contribution in [-0.2, 0) is 0 Å². The van der Waals surface area contributed by atoms with Crippen molar-refractivity contribution >= 4 is 11.3 Å². The van der Waals surface area contributed by atoms with E-state index in [2.05, 4.69) is 29.0 Å². The molecule has 0 aliphatic rings. The van der Waals surface area contributed by atoms with E-state index in [0.29, 0.717) is 0 Å². The molecule has 2 heteroatoms. The third kappa shape index (κ3) is 1.84. The molecule has 0 spiro atoms. The lowest BCUT2D eigenvalue weighted by atomic mass is 10.2. The van der Waals surface area contributed by atoms with Crippen LogP contribution in [-0.4, -0.2) is 4.98 Å². The van der Waals surface area contributed by atoms with Crippen LogP contribution in [0.1, 0.15) is 11.8 Å². The molecule has 0 saturated carbocycles. The molecule has 0 bridgehead atoms. The van der Waals surface area contributed by atoms with Gasteiger partial charge in [-0.05, 0) is 36.8 Å². The highest BCUT2D eigenvalue weighted by molar-refractivity contribution is 7.16. The van der Waals surface area contributed by atoms with E-state index < -0.39 is 0 Å². The Morgan fingerprint density at radius 1 is 1.14 bits per heavy atom. The quantitative estimate of drug-likeness (QED) is 0.643. The number of aromatic nitrogens is 1. The van der Waals surface area contributed by atoms with Crippen molar-refractivity contribution in [1.82, 2.24) is 4.98 Å². The van der Waals surface area contributed by atoms with Crippen LogP contribution in [0.25, 0.3) is 10.4 Å². The van der Waals surface area contributed by atoms with Gasteiger partial charge in [-0.25, -0.2) is 0 Å². The summed E-state index contributed by atoms with van der Waals surface area (Å²) in [6.07, 6.45) is 3.61. The summed E-state index contributed by atoms with van der Waals surface area (Å²) >= 11 is 1.71. The average Bonchev–Trinajstić information content (AvgIpc) is 2.68. The van der Waals surface area contributed by atoms with E-state index in [0.717, 1.165) is 4.88 Å². The molecule has 0 atom stereocenters. The molecule has 1 nitrogen and oxygen atoms in total. The van der Waals surface area contributed by atoms with Gasteiger partial charge in [-0.1, -0.05) is 5.92 Å². The summed E-state index contributed by atoms with van der Waals surface area (Å²) in [7, 11) is 0. The SMILES string of the molecule is CC#Cc1ccc(-c2ccncc2)s1. The van der Waals surface area contributed by atoms with Crippen molar-refractivity contribution in [2.45, 2.75) is 6.92 Å². The van der Waals surface area contributed by atoms with Crippen molar-refractivity contribution in [3.63, 3.8) is 0 Å². The summed E-state index contributed by atoms with van der Waals surface area (Å²) in [6.45, 7) is 1.85. The first-order valence-electron chi connectivity index (χ1n) is 4.33. The van der Waals surface area contributed by atoms with Gasteiger partial charge in [-0.15, -0.1) is 17.3 Å². The Morgan fingerprint density at radius 2 is 1.93 bits per heavy atom. The first-order valence-corrected chi connectivity index (χ1v) is 5.15. The Labute approximate surface area is 87.4 Å². The molecule has 2 aromatic heterocycles. The Hall–Kier alpha value is -1.59. The zero-order valence-electron chi connectivity index (χ0n) is 7.82. The van der Waals surface area contributed by atoms with Gasteiger partial charge in [-0.3, -0.25) is 4.98 Å². The highest BCUT2D eigenvalue weighted by Gasteiger charge is 1.99. The van der Waals surface area contributed by atoms with Crippen LogP contribution >= 0.6 is 11.3 Å². The third-order valence-electron chi connectivity index (χ3n) is 1.82. The molecule has 68 valence electrons. The molecule has 0 N–H and O–H groups in total. The number of thiophene rings is 1. The van der Waals surface area contributed by atoms with Crippen LogP contribution in [0.15, 0.2) is 36.7 Å². The van der Waals surface area contributed by atoms with Gasteiger partial charge in [0.05, 0.1) is 4.88 Å². The normalized spacial score (nSPS) is 9.21. The minimum absolute atomic E-state index is 1.11. The first kappa shape index (κ1) is 8.98. The van der Waals surface area contributed by atoms with Gasteiger partial charge in [-0.2, -0.15) is 0 Å². The Morgan fingerprint density at radius 3 is 2.64 bits per heavy atom. The highest BCUT2D eigenvalue weighted by atomic mass is 32.1. The highest BCUT2D eigenvalue weighted by Crippen LogP contribution is 2.26. The zero-order chi connectivity index (χ0) is 9.80. The van der Waals surface area contributed by atoms with Gasteiger partial charge < -0.3 is 0 Å². The van der Waals surface area contributed by atoms with Gasteiger partial charge in [0.1, 0.15) is 0 Å². The van der Waals surface area contributed by atoms with E-state index in [9.17, 15) is 0 Å². The van der Waals surface area contributed by atoms with Crippen LogP contribution in [0, 0.1) is 11.8 Å². The van der Waals surface area contributed by atoms with Crippen molar-refractivity contribution in [3.8, 4) is 22.3 Å². The molecule has 0 amide bonds. The van der Waals surface area contributed by atoms with Crippen molar-refractivity contribution in [2.24, 2.45) is 0 Å². The van der Waals surface area contributed by atoms with Gasteiger partial charge >= 0.3 is 0 Å². The summed E-state index contributed by atoms with van der Waals surface area (Å²) in [5, 5.41) is 0. The van der Waals surface area contributed by atoms with Gasteiger partial charge in [0.2, 0.25) is 0 Å². The smallest absolute Gasteiger partial charge is 0.0774 e. The second-order valence-corrected chi connectivity index (χ2v) is 3.86. The third-order valence-corrected chi connectivity index (χ3v) is 2.87. The molecular formula is C12H9NS. The maximum Gasteiger partial charge on any atom is 0.0774 e. The molecule has 0 unspecified atom stereocenters. The molecule has 0 radical (unpaired) electrons. The fraction of sp³-hybridized carbons (Fsp3) is 0.0833. The van der Waals surface area contributed by atoms with Gasteiger partial charge in [0.15, 0.2) is 0 Å². The maximum absolute atomic E-state index is 3.99. The van der Waals surface area contributed by atoms with Crippen LogP contribution in [0.2, 0.25) is 0 Å². The standard InChI is InChI=1S/C12H9NS/c1-2-3-11-4-5-12(14-11)10-6-8-13-9-7-10/h4-9H,1H3. The minimum Gasteiger partial charge on any atom is -0.265 e. The number of rotatable bonds is 1. The minimum atomic E-state index is 1.11. The number of hydrogen-bond acceptors (Lipinski definition) is 2. The molecule has 2 heterocycles. The molecule has 0 saturated heterocycles. The predicted octanol–water partition coefficient (Wildman–Crippen LogP) is 3.18. The van der Waals surface area contributed by atoms with Gasteiger partial charge in [0, 0.05) is 17.3 Å². The molecule has 2 rings (SSSR count). The largest absolute Gasteiger partial charge is 0.265 e. The fourth-order valence-corrected chi connectivity index (χ4v) is 2.12. The van der Waals surface area contributed by atoms with Crippen LogP contribution in [0.5, 0.6) is 0 Å². The lowest BCUT2D eigenvalue weighted by molar-refractivity contribution is 1.33. The predicted molar refractivity (Wildman–Crippen MR) is 60.1 cm³/mol. The molecule has 0 aliphatic heterocycles. The molecule has 0 aromatic carbocycles. The molecular weight excluding hydrogens is 190 g/mol. The van der Waals surface area contributed by atoms with Gasteiger partial charge in [0.25, 0.3) is 0 Å². The maximum atomic E-state index is 3.99. The van der Waals surface area contributed by atoms with Crippen LogP contribution in [0.3, 0.4) is 0 Å². The van der Waals surface area contributed by atoms with Crippen molar-refractivity contribution in [1.29, 1.82) is 0 Å². The summed E-state index contributed by atoms with van der Waals surface area (Å²) in [6, 6.07) is 8.17. The van der Waals surface area contributed by atoms with Crippen molar-refractivity contribution in [3.05, 3.63) is 41.5 Å². The van der Waals surface area contributed by atoms with Crippen LogP contribution in [0.4, 0.5) is 0 Å². The van der Waals surface area contributed by atoms with E-state index >= 15 is 0 Å². The van der Waals surface area contributed by atoms with E-state index in [-0.39, 0.29) is 0 Å². The number of nitrogens with zero attached hydrogens (tertiary/aromatic N) is 1. The summed E-state index contributed by atoms with van der Waals surface area (Å²) in [5.41, 5.74) is 1.20.